The van der Waals surface area contributed by atoms with Crippen LogP contribution in [0.1, 0.15) is 26.2 Å². The first-order valence-corrected chi connectivity index (χ1v) is 4.11. The number of ether oxygens (including phenoxy) is 1. The fraction of sp³-hybridized carbons (Fsp3) is 0.875. The number of nitrogens with one attached hydrogen (secondary N) is 1. The number of esters is 1. The molecular formula is C8H15NO2. The first-order chi connectivity index (χ1) is 5.27. The summed E-state index contributed by atoms with van der Waals surface area (Å²) in [5.41, 5.74) is 0. The molecule has 1 saturated heterocycles. The van der Waals surface area contributed by atoms with Gasteiger partial charge in [-0.25, -0.2) is 0 Å². The molecule has 11 heavy (non-hydrogen) atoms. The minimum atomic E-state index is -0.124. The van der Waals surface area contributed by atoms with Gasteiger partial charge in [-0.1, -0.05) is 6.92 Å². The van der Waals surface area contributed by atoms with E-state index in [2.05, 4.69) is 17.0 Å². The quantitative estimate of drug-likeness (QED) is 0.599. The smallest absolute Gasteiger partial charge is 0.322 e. The van der Waals surface area contributed by atoms with Crippen LogP contribution in [0.5, 0.6) is 0 Å². The zero-order chi connectivity index (χ0) is 8.27. The summed E-state index contributed by atoms with van der Waals surface area (Å²) in [5, 5.41) is 3.22. The predicted octanol–water partition coefficient (Wildman–Crippen LogP) is 0.690. The number of carbonyl (C=O) groups excluding carboxylic acids is 1. The molecule has 3 heteroatoms. The van der Waals surface area contributed by atoms with Crippen molar-refractivity contribution in [1.29, 1.82) is 0 Å². The number of methoxy groups -OCH3 is 1. The SMILES string of the molecule is CC[C@@H]1CC[C@@H](C(=O)OC)N1. The van der Waals surface area contributed by atoms with Crippen molar-refractivity contribution in [2.24, 2.45) is 0 Å². The zero-order valence-corrected chi connectivity index (χ0v) is 7.09. The monoisotopic (exact) mass is 157 g/mol. The van der Waals surface area contributed by atoms with Gasteiger partial charge in [-0.15, -0.1) is 0 Å². The lowest BCUT2D eigenvalue weighted by Crippen LogP contribution is -2.35. The number of carbonyl (C=O) groups is 1. The summed E-state index contributed by atoms with van der Waals surface area (Å²) < 4.78 is 4.63. The highest BCUT2D eigenvalue weighted by molar-refractivity contribution is 5.76. The van der Waals surface area contributed by atoms with Crippen LogP contribution in [0.25, 0.3) is 0 Å². The summed E-state index contributed by atoms with van der Waals surface area (Å²) in [5.74, 6) is -0.124. The lowest BCUT2D eigenvalue weighted by molar-refractivity contribution is -0.142. The molecule has 0 bridgehead atoms. The Morgan fingerprint density at radius 1 is 1.64 bits per heavy atom. The molecule has 0 aromatic rings. The second-order valence-electron chi connectivity index (χ2n) is 2.92. The zero-order valence-electron chi connectivity index (χ0n) is 7.09. The van der Waals surface area contributed by atoms with E-state index >= 15 is 0 Å². The Bertz CT molecular complexity index is 147. The molecule has 0 amide bonds. The van der Waals surface area contributed by atoms with Crippen LogP contribution < -0.4 is 5.32 Å². The molecule has 0 aromatic carbocycles. The van der Waals surface area contributed by atoms with E-state index in [0.717, 1.165) is 19.3 Å². The summed E-state index contributed by atoms with van der Waals surface area (Å²) in [6, 6.07) is 0.462. The molecule has 0 radical (unpaired) electrons. The average Bonchev–Trinajstić information content (AvgIpc) is 2.50. The van der Waals surface area contributed by atoms with Crippen LogP contribution in [0.4, 0.5) is 0 Å². The second-order valence-corrected chi connectivity index (χ2v) is 2.92. The van der Waals surface area contributed by atoms with Crippen molar-refractivity contribution in [2.45, 2.75) is 38.3 Å². The highest BCUT2D eigenvalue weighted by atomic mass is 16.5. The van der Waals surface area contributed by atoms with E-state index in [4.69, 9.17) is 0 Å². The van der Waals surface area contributed by atoms with E-state index in [0.29, 0.717) is 6.04 Å². The number of rotatable bonds is 2. The molecule has 1 N–H and O–H groups in total. The Labute approximate surface area is 67.1 Å². The molecule has 0 saturated carbocycles. The number of hydrogen-bond donors (Lipinski definition) is 1. The van der Waals surface area contributed by atoms with Crippen LogP contribution in [-0.2, 0) is 9.53 Å². The molecule has 3 nitrogen and oxygen atoms in total. The second kappa shape index (κ2) is 3.72. The summed E-state index contributed by atoms with van der Waals surface area (Å²) >= 11 is 0. The molecule has 0 aromatic heterocycles. The van der Waals surface area contributed by atoms with Crippen molar-refractivity contribution in [3.8, 4) is 0 Å². The largest absolute Gasteiger partial charge is 0.468 e. The average molecular weight is 157 g/mol. The van der Waals surface area contributed by atoms with Crippen LogP contribution in [-0.4, -0.2) is 25.2 Å². The van der Waals surface area contributed by atoms with Crippen molar-refractivity contribution in [2.75, 3.05) is 7.11 Å². The van der Waals surface area contributed by atoms with E-state index in [1.165, 1.54) is 7.11 Å². The summed E-state index contributed by atoms with van der Waals surface area (Å²) in [7, 11) is 1.43. The molecule has 1 aliphatic heterocycles. The Morgan fingerprint density at radius 2 is 2.36 bits per heavy atom. The molecule has 0 unspecified atom stereocenters. The van der Waals surface area contributed by atoms with Gasteiger partial charge >= 0.3 is 5.97 Å². The molecule has 64 valence electrons. The third-order valence-electron chi connectivity index (χ3n) is 2.22. The Hall–Kier alpha value is -0.570. The van der Waals surface area contributed by atoms with E-state index in [-0.39, 0.29) is 12.0 Å². The highest BCUT2D eigenvalue weighted by Gasteiger charge is 2.28. The Morgan fingerprint density at radius 3 is 2.82 bits per heavy atom. The topological polar surface area (TPSA) is 38.3 Å². The first kappa shape index (κ1) is 8.53. The van der Waals surface area contributed by atoms with Crippen molar-refractivity contribution in [3.05, 3.63) is 0 Å². The van der Waals surface area contributed by atoms with Gasteiger partial charge in [-0.3, -0.25) is 4.79 Å². The van der Waals surface area contributed by atoms with Crippen LogP contribution in [0.3, 0.4) is 0 Å². The molecule has 1 aliphatic rings. The van der Waals surface area contributed by atoms with E-state index in [1.807, 2.05) is 0 Å². The third-order valence-corrected chi connectivity index (χ3v) is 2.22. The summed E-state index contributed by atoms with van der Waals surface area (Å²) in [6.07, 6.45) is 3.11. The normalized spacial score (nSPS) is 30.4. The van der Waals surface area contributed by atoms with Gasteiger partial charge in [0.25, 0.3) is 0 Å². The van der Waals surface area contributed by atoms with Crippen molar-refractivity contribution >= 4 is 5.97 Å². The first-order valence-electron chi connectivity index (χ1n) is 4.11. The van der Waals surface area contributed by atoms with Crippen LogP contribution in [0.2, 0.25) is 0 Å². The standard InChI is InChI=1S/C8H15NO2/c1-3-6-4-5-7(9-6)8(10)11-2/h6-7,9H,3-5H2,1-2H3/t6-,7+/m1/s1. The molecule has 0 aliphatic carbocycles. The van der Waals surface area contributed by atoms with Crippen LogP contribution in [0, 0.1) is 0 Å². The van der Waals surface area contributed by atoms with Gasteiger partial charge in [-0.05, 0) is 19.3 Å². The molecule has 1 heterocycles. The molecule has 1 fully saturated rings. The van der Waals surface area contributed by atoms with Gasteiger partial charge in [-0.2, -0.15) is 0 Å². The summed E-state index contributed by atoms with van der Waals surface area (Å²) in [6.45, 7) is 2.12. The molecule has 0 spiro atoms. The molecule has 1 rings (SSSR count). The number of hydrogen-bond acceptors (Lipinski definition) is 3. The predicted molar refractivity (Wildman–Crippen MR) is 42.3 cm³/mol. The fourth-order valence-electron chi connectivity index (χ4n) is 1.47. The van der Waals surface area contributed by atoms with E-state index in [9.17, 15) is 4.79 Å². The maximum Gasteiger partial charge on any atom is 0.322 e. The van der Waals surface area contributed by atoms with Gasteiger partial charge in [0.1, 0.15) is 6.04 Å². The molecular weight excluding hydrogens is 142 g/mol. The van der Waals surface area contributed by atoms with Crippen molar-refractivity contribution < 1.29 is 9.53 Å². The fourth-order valence-corrected chi connectivity index (χ4v) is 1.47. The molecule has 2 atom stereocenters. The lowest BCUT2D eigenvalue weighted by atomic mass is 10.1. The lowest BCUT2D eigenvalue weighted by Gasteiger charge is -2.09. The Balaban J connectivity index is 2.35. The van der Waals surface area contributed by atoms with Crippen LogP contribution in [0.15, 0.2) is 0 Å². The maximum absolute atomic E-state index is 11.0. The van der Waals surface area contributed by atoms with E-state index in [1.54, 1.807) is 0 Å². The highest BCUT2D eigenvalue weighted by Crippen LogP contribution is 2.15. The maximum atomic E-state index is 11.0. The van der Waals surface area contributed by atoms with Gasteiger partial charge in [0.05, 0.1) is 7.11 Å². The minimum absolute atomic E-state index is 0.0510. The van der Waals surface area contributed by atoms with E-state index < -0.39 is 0 Å². The van der Waals surface area contributed by atoms with Crippen molar-refractivity contribution in [1.82, 2.24) is 5.32 Å². The summed E-state index contributed by atoms with van der Waals surface area (Å²) in [4.78, 5) is 11.0. The minimum Gasteiger partial charge on any atom is -0.468 e. The third kappa shape index (κ3) is 1.93. The van der Waals surface area contributed by atoms with Crippen molar-refractivity contribution in [3.63, 3.8) is 0 Å². The van der Waals surface area contributed by atoms with Gasteiger partial charge in [0.15, 0.2) is 0 Å². The van der Waals surface area contributed by atoms with Gasteiger partial charge < -0.3 is 10.1 Å². The van der Waals surface area contributed by atoms with Crippen LogP contribution >= 0.6 is 0 Å². The van der Waals surface area contributed by atoms with Gasteiger partial charge in [0.2, 0.25) is 0 Å². The Kier molecular flexibility index (Phi) is 2.88. The van der Waals surface area contributed by atoms with Gasteiger partial charge in [0, 0.05) is 6.04 Å².